The van der Waals surface area contributed by atoms with Crippen molar-refractivity contribution in [3.05, 3.63) is 66.2 Å². The van der Waals surface area contributed by atoms with E-state index < -0.39 is 0 Å². The molecular formula is C20H23N5O2. The summed E-state index contributed by atoms with van der Waals surface area (Å²) < 4.78 is 3.48. The predicted molar refractivity (Wildman–Crippen MR) is 101 cm³/mol. The quantitative estimate of drug-likeness (QED) is 0.751. The number of rotatable bonds is 5. The summed E-state index contributed by atoms with van der Waals surface area (Å²) in [6, 6.07) is 11.4. The van der Waals surface area contributed by atoms with Crippen molar-refractivity contribution >= 4 is 5.91 Å². The van der Waals surface area contributed by atoms with Crippen LogP contribution < -0.4 is 0 Å². The van der Waals surface area contributed by atoms with Crippen molar-refractivity contribution < 1.29 is 9.90 Å². The minimum atomic E-state index is 0.0283. The summed E-state index contributed by atoms with van der Waals surface area (Å²) in [5.74, 6) is 0.250. The van der Waals surface area contributed by atoms with Gasteiger partial charge in [-0.15, -0.1) is 0 Å². The Morgan fingerprint density at radius 1 is 1.19 bits per heavy atom. The Hall–Kier alpha value is -2.93. The molecule has 1 N–H and O–H groups in total. The van der Waals surface area contributed by atoms with Gasteiger partial charge in [-0.3, -0.25) is 9.48 Å². The Bertz CT molecular complexity index is 903. The van der Waals surface area contributed by atoms with E-state index in [1.54, 1.807) is 15.6 Å². The number of hydrogen-bond acceptors (Lipinski definition) is 4. The molecule has 1 aliphatic rings. The standard InChI is InChI=1S/C20H23N5O2/c26-14-13-24-12-8-18(22-24)16-5-3-10-23(15-16)20(27)17-6-1-2-7-19(17)25-11-4-9-21-25/h1-2,4,6-9,11-12,16,26H,3,5,10,13-15H2/t16-/m1/s1. The highest BCUT2D eigenvalue weighted by Gasteiger charge is 2.28. The number of aliphatic hydroxyl groups is 1. The van der Waals surface area contributed by atoms with E-state index in [2.05, 4.69) is 10.2 Å². The van der Waals surface area contributed by atoms with E-state index in [-0.39, 0.29) is 18.4 Å². The average molecular weight is 365 g/mol. The molecular weight excluding hydrogens is 342 g/mol. The lowest BCUT2D eigenvalue weighted by Crippen LogP contribution is -2.39. The van der Waals surface area contributed by atoms with Crippen LogP contribution >= 0.6 is 0 Å². The summed E-state index contributed by atoms with van der Waals surface area (Å²) in [7, 11) is 0. The van der Waals surface area contributed by atoms with Crippen molar-refractivity contribution in [3.8, 4) is 5.69 Å². The number of para-hydroxylation sites is 1. The molecule has 2 aromatic heterocycles. The van der Waals surface area contributed by atoms with E-state index in [0.29, 0.717) is 18.7 Å². The van der Waals surface area contributed by atoms with Gasteiger partial charge >= 0.3 is 0 Å². The van der Waals surface area contributed by atoms with Crippen LogP contribution in [0.3, 0.4) is 0 Å². The minimum absolute atomic E-state index is 0.0283. The van der Waals surface area contributed by atoms with Crippen LogP contribution in [0.25, 0.3) is 5.69 Å². The van der Waals surface area contributed by atoms with Gasteiger partial charge < -0.3 is 10.0 Å². The lowest BCUT2D eigenvalue weighted by atomic mass is 9.94. The number of hydrogen-bond donors (Lipinski definition) is 1. The molecule has 1 aromatic carbocycles. The van der Waals surface area contributed by atoms with Crippen molar-refractivity contribution in [3.63, 3.8) is 0 Å². The van der Waals surface area contributed by atoms with Gasteiger partial charge in [-0.25, -0.2) is 4.68 Å². The molecule has 27 heavy (non-hydrogen) atoms. The molecule has 0 radical (unpaired) electrons. The molecule has 0 aliphatic carbocycles. The molecule has 0 bridgehead atoms. The number of piperidine rings is 1. The van der Waals surface area contributed by atoms with Gasteiger partial charge in [0.25, 0.3) is 5.91 Å². The number of carbonyl (C=O) groups is 1. The molecule has 3 aromatic rings. The van der Waals surface area contributed by atoms with Crippen LogP contribution in [0.2, 0.25) is 0 Å². The summed E-state index contributed by atoms with van der Waals surface area (Å²) in [6.07, 6.45) is 7.41. The average Bonchev–Trinajstić information content (AvgIpc) is 3.40. The SMILES string of the molecule is O=C(c1ccccc1-n1cccn1)N1CCC[C@@H](c2ccn(CCO)n2)C1. The van der Waals surface area contributed by atoms with Crippen molar-refractivity contribution in [1.82, 2.24) is 24.5 Å². The van der Waals surface area contributed by atoms with Gasteiger partial charge in [-0.1, -0.05) is 12.1 Å². The Morgan fingerprint density at radius 3 is 2.89 bits per heavy atom. The van der Waals surface area contributed by atoms with Crippen LogP contribution in [-0.2, 0) is 6.54 Å². The summed E-state index contributed by atoms with van der Waals surface area (Å²) in [5.41, 5.74) is 2.44. The molecule has 7 heteroatoms. The third-order valence-electron chi connectivity index (χ3n) is 5.00. The summed E-state index contributed by atoms with van der Waals surface area (Å²) in [6.45, 7) is 1.97. The number of aromatic nitrogens is 4. The molecule has 1 amide bonds. The molecule has 1 fully saturated rings. The summed E-state index contributed by atoms with van der Waals surface area (Å²) >= 11 is 0. The van der Waals surface area contributed by atoms with Gasteiger partial charge in [0.2, 0.25) is 0 Å². The van der Waals surface area contributed by atoms with E-state index in [1.165, 1.54) is 0 Å². The first-order valence-corrected chi connectivity index (χ1v) is 9.29. The fraction of sp³-hybridized carbons (Fsp3) is 0.350. The highest BCUT2D eigenvalue weighted by Crippen LogP contribution is 2.27. The van der Waals surface area contributed by atoms with Gasteiger partial charge in [-0.2, -0.15) is 10.2 Å². The van der Waals surface area contributed by atoms with Crippen LogP contribution in [-0.4, -0.2) is 55.2 Å². The molecule has 7 nitrogen and oxygen atoms in total. The van der Waals surface area contributed by atoms with Crippen LogP contribution in [0.4, 0.5) is 0 Å². The fourth-order valence-corrected chi connectivity index (χ4v) is 3.66. The molecule has 140 valence electrons. The fourth-order valence-electron chi connectivity index (χ4n) is 3.66. The highest BCUT2D eigenvalue weighted by molar-refractivity contribution is 5.97. The Balaban J connectivity index is 1.54. The maximum atomic E-state index is 13.2. The molecule has 1 aliphatic heterocycles. The van der Waals surface area contributed by atoms with Crippen LogP contribution in [0.5, 0.6) is 0 Å². The third-order valence-corrected chi connectivity index (χ3v) is 5.00. The zero-order chi connectivity index (χ0) is 18.6. The number of carbonyl (C=O) groups excluding carboxylic acids is 1. The molecule has 0 spiro atoms. The second-order valence-corrected chi connectivity index (χ2v) is 6.79. The van der Waals surface area contributed by atoms with Gasteiger partial charge in [-0.05, 0) is 37.1 Å². The monoisotopic (exact) mass is 365 g/mol. The van der Waals surface area contributed by atoms with Crippen LogP contribution in [0, 0.1) is 0 Å². The van der Waals surface area contributed by atoms with E-state index in [4.69, 9.17) is 5.11 Å². The van der Waals surface area contributed by atoms with Crippen molar-refractivity contribution in [2.24, 2.45) is 0 Å². The van der Waals surface area contributed by atoms with E-state index in [9.17, 15) is 4.79 Å². The first-order chi connectivity index (χ1) is 13.3. The van der Waals surface area contributed by atoms with Crippen molar-refractivity contribution in [2.45, 2.75) is 25.3 Å². The van der Waals surface area contributed by atoms with Crippen molar-refractivity contribution in [2.75, 3.05) is 19.7 Å². The van der Waals surface area contributed by atoms with E-state index in [1.807, 2.05) is 53.7 Å². The van der Waals surface area contributed by atoms with E-state index in [0.717, 1.165) is 30.8 Å². The lowest BCUT2D eigenvalue weighted by molar-refractivity contribution is 0.0705. The number of amides is 1. The van der Waals surface area contributed by atoms with E-state index >= 15 is 0 Å². The molecule has 3 heterocycles. The zero-order valence-corrected chi connectivity index (χ0v) is 15.1. The molecule has 0 unspecified atom stereocenters. The predicted octanol–water partition coefficient (Wildman–Crippen LogP) is 2.08. The maximum absolute atomic E-state index is 13.2. The summed E-state index contributed by atoms with van der Waals surface area (Å²) in [5, 5.41) is 17.9. The lowest BCUT2D eigenvalue weighted by Gasteiger charge is -2.32. The minimum Gasteiger partial charge on any atom is -0.394 e. The highest BCUT2D eigenvalue weighted by atomic mass is 16.3. The zero-order valence-electron chi connectivity index (χ0n) is 15.1. The Labute approximate surface area is 157 Å². The van der Waals surface area contributed by atoms with Gasteiger partial charge in [0, 0.05) is 37.6 Å². The first-order valence-electron chi connectivity index (χ1n) is 9.29. The van der Waals surface area contributed by atoms with Gasteiger partial charge in [0.1, 0.15) is 0 Å². The van der Waals surface area contributed by atoms with Crippen LogP contribution in [0.15, 0.2) is 55.0 Å². The normalized spacial score (nSPS) is 17.2. The maximum Gasteiger partial charge on any atom is 0.256 e. The summed E-state index contributed by atoms with van der Waals surface area (Å²) in [4.78, 5) is 15.1. The second kappa shape index (κ2) is 7.75. The Morgan fingerprint density at radius 2 is 2.07 bits per heavy atom. The Kier molecular flexibility index (Phi) is 5.02. The van der Waals surface area contributed by atoms with Crippen molar-refractivity contribution in [1.29, 1.82) is 0 Å². The topological polar surface area (TPSA) is 76.2 Å². The first kappa shape index (κ1) is 17.5. The van der Waals surface area contributed by atoms with Gasteiger partial charge in [0.15, 0.2) is 0 Å². The number of likely N-dealkylation sites (tertiary alicyclic amines) is 1. The third kappa shape index (κ3) is 3.64. The second-order valence-electron chi connectivity index (χ2n) is 6.79. The molecule has 4 rings (SSSR count). The number of aliphatic hydroxyl groups excluding tert-OH is 1. The molecule has 0 saturated carbocycles. The molecule has 1 atom stereocenters. The molecule has 1 saturated heterocycles. The number of benzene rings is 1. The smallest absolute Gasteiger partial charge is 0.256 e. The largest absolute Gasteiger partial charge is 0.394 e. The van der Waals surface area contributed by atoms with Gasteiger partial charge in [0.05, 0.1) is 30.1 Å². The van der Waals surface area contributed by atoms with Crippen LogP contribution in [0.1, 0.15) is 34.8 Å². The number of nitrogens with zero attached hydrogens (tertiary/aromatic N) is 5.